The number of aromatic nitrogens is 3. The van der Waals surface area contributed by atoms with Crippen molar-refractivity contribution >= 4 is 21.4 Å². The third kappa shape index (κ3) is 3.27. The van der Waals surface area contributed by atoms with Crippen LogP contribution in [0.2, 0.25) is 0 Å². The van der Waals surface area contributed by atoms with Crippen LogP contribution in [0, 0.1) is 0 Å². The minimum absolute atomic E-state index is 0.0233. The first kappa shape index (κ1) is 17.9. The van der Waals surface area contributed by atoms with Crippen LogP contribution >= 0.6 is 11.6 Å². The first-order valence-corrected chi connectivity index (χ1v) is 8.30. The second-order valence-electron chi connectivity index (χ2n) is 4.94. The topological polar surface area (TPSA) is 64.8 Å². The van der Waals surface area contributed by atoms with Crippen molar-refractivity contribution in [2.45, 2.75) is 43.4 Å². The molecule has 5 nitrogen and oxygen atoms in total. The van der Waals surface area contributed by atoms with E-state index in [0.29, 0.717) is 0 Å². The van der Waals surface area contributed by atoms with Crippen molar-refractivity contribution in [3.05, 3.63) is 28.3 Å². The first-order valence-electron chi connectivity index (χ1n) is 6.38. The number of hydrogen-bond donors (Lipinski definition) is 0. The summed E-state index contributed by atoms with van der Waals surface area (Å²) in [5.41, 5.74) is -0.0233. The molecule has 0 bridgehead atoms. The summed E-state index contributed by atoms with van der Waals surface area (Å²) in [5, 5.41) is 2.48. The van der Waals surface area contributed by atoms with E-state index in [2.05, 4.69) is 10.1 Å². The Labute approximate surface area is 134 Å². The van der Waals surface area contributed by atoms with E-state index < -0.39 is 44.6 Å². The Balaban J connectivity index is 2.56. The highest BCUT2D eigenvalue weighted by Crippen LogP contribution is 2.42. The number of alkyl halides is 3. The van der Waals surface area contributed by atoms with Gasteiger partial charge in [-0.1, -0.05) is 11.6 Å². The van der Waals surface area contributed by atoms with Gasteiger partial charge < -0.3 is 0 Å². The molecule has 0 spiro atoms. The number of halogens is 5. The average molecular weight is 374 g/mol. The third-order valence-corrected chi connectivity index (χ3v) is 4.50. The van der Waals surface area contributed by atoms with Crippen molar-refractivity contribution < 1.29 is 26.0 Å². The maximum absolute atomic E-state index is 14.0. The van der Waals surface area contributed by atoms with Crippen molar-refractivity contribution in [2.75, 3.05) is 0 Å². The average Bonchev–Trinajstić information content (AvgIpc) is 2.97. The zero-order valence-electron chi connectivity index (χ0n) is 12.0. The molecule has 2 heterocycles. The smallest absolute Gasteiger partial charge is 0.239 e. The zero-order valence-corrected chi connectivity index (χ0v) is 13.5. The summed E-state index contributed by atoms with van der Waals surface area (Å²) in [5.74, 6) is -4.84. The van der Waals surface area contributed by atoms with E-state index in [1.54, 1.807) is 0 Å². The Bertz CT molecular complexity index is 780. The van der Waals surface area contributed by atoms with E-state index in [1.165, 1.54) is 13.0 Å². The molecule has 0 fully saturated rings. The molecule has 2 rings (SSSR count). The number of fused-ring (bicyclic) bond motifs is 1. The first-order chi connectivity index (χ1) is 10.6. The van der Waals surface area contributed by atoms with Gasteiger partial charge >= 0.3 is 5.76 Å². The van der Waals surface area contributed by atoms with Gasteiger partial charge in [-0.3, -0.25) is 0 Å². The minimum atomic E-state index is -5.06. The van der Waals surface area contributed by atoms with Crippen LogP contribution in [0.1, 0.15) is 38.3 Å². The van der Waals surface area contributed by atoms with Crippen LogP contribution in [0.5, 0.6) is 0 Å². The van der Waals surface area contributed by atoms with E-state index >= 15 is 0 Å². The molecule has 0 saturated carbocycles. The van der Waals surface area contributed by atoms with Gasteiger partial charge in [0.2, 0.25) is 0 Å². The molecule has 11 heteroatoms. The van der Waals surface area contributed by atoms with Crippen LogP contribution in [-0.2, 0) is 9.84 Å². The summed E-state index contributed by atoms with van der Waals surface area (Å²) < 4.78 is 76.5. The Morgan fingerprint density at radius 3 is 2.52 bits per heavy atom. The van der Waals surface area contributed by atoms with Gasteiger partial charge in [-0.15, -0.1) is 5.10 Å². The van der Waals surface area contributed by atoms with Crippen molar-refractivity contribution in [3.63, 3.8) is 0 Å². The Kier molecular flexibility index (Phi) is 4.86. The van der Waals surface area contributed by atoms with Crippen molar-refractivity contribution in [2.24, 2.45) is 0 Å². The quantitative estimate of drug-likeness (QED) is 0.597. The lowest BCUT2D eigenvalue weighted by atomic mass is 10.0. The number of allylic oxidation sites excluding steroid dienone is 4. The van der Waals surface area contributed by atoms with Gasteiger partial charge in [-0.05, 0) is 19.9 Å². The Hall–Kier alpha value is -1.42. The molecule has 128 valence electrons. The summed E-state index contributed by atoms with van der Waals surface area (Å²) in [6, 6.07) is -1.02. The molecule has 2 atom stereocenters. The number of rotatable bonds is 4. The number of nitrogens with zero attached hydrogens (tertiary/aromatic N) is 3. The highest BCUT2D eigenvalue weighted by Gasteiger charge is 2.40. The minimum Gasteiger partial charge on any atom is -0.239 e. The molecule has 0 aromatic carbocycles. The Morgan fingerprint density at radius 1 is 1.43 bits per heavy atom. The summed E-state index contributed by atoms with van der Waals surface area (Å²) in [6.45, 7) is 2.59. The van der Waals surface area contributed by atoms with Crippen LogP contribution in [0.3, 0.4) is 0 Å². The molecule has 0 aliphatic carbocycles. The van der Waals surface area contributed by atoms with Crippen LogP contribution < -0.4 is 0 Å². The van der Waals surface area contributed by atoms with Gasteiger partial charge in [0.05, 0.1) is 6.04 Å². The van der Waals surface area contributed by atoms with Gasteiger partial charge in [0.1, 0.15) is 5.83 Å². The number of hydrogen-bond acceptors (Lipinski definition) is 4. The Morgan fingerprint density at radius 2 is 2.04 bits per heavy atom. The van der Waals surface area contributed by atoms with Crippen LogP contribution in [0.4, 0.5) is 17.6 Å². The van der Waals surface area contributed by atoms with Gasteiger partial charge in [0.25, 0.3) is 15.0 Å². The SMILES string of the molecule is C/C(F)=C(\C=C(/C)Cl)[C@@H]1C[C@H](F)c2nc(S(=O)(=O)C(F)F)nn21. The highest BCUT2D eigenvalue weighted by atomic mass is 35.5. The summed E-state index contributed by atoms with van der Waals surface area (Å²) in [6.07, 6.45) is -0.763. The standard InChI is InChI=1S/C12H12ClF4N3O2S/c1-5(13)3-7(6(2)14)9-4-8(15)10-18-12(19-20(9)10)23(21,22)11(16)17/h3,8-9,11H,4H2,1-2H3/b5-3+,7-6-/t8-,9-/m0/s1. The van der Waals surface area contributed by atoms with E-state index in [-0.39, 0.29) is 17.0 Å². The fourth-order valence-electron chi connectivity index (χ4n) is 2.26. The maximum Gasteiger partial charge on any atom is 0.344 e. The molecular formula is C12H12ClF4N3O2S. The van der Waals surface area contributed by atoms with Crippen LogP contribution in [0.25, 0.3) is 0 Å². The van der Waals surface area contributed by atoms with Crippen molar-refractivity contribution in [1.29, 1.82) is 0 Å². The van der Waals surface area contributed by atoms with Gasteiger partial charge in [-0.25, -0.2) is 21.9 Å². The van der Waals surface area contributed by atoms with E-state index in [1.807, 2.05) is 0 Å². The molecule has 1 aromatic rings. The normalized spacial score (nSPS) is 23.2. The van der Waals surface area contributed by atoms with E-state index in [4.69, 9.17) is 11.6 Å². The molecular weight excluding hydrogens is 362 g/mol. The van der Waals surface area contributed by atoms with Crippen molar-refractivity contribution in [1.82, 2.24) is 14.8 Å². The molecule has 23 heavy (non-hydrogen) atoms. The molecule has 0 unspecified atom stereocenters. The van der Waals surface area contributed by atoms with E-state index in [9.17, 15) is 26.0 Å². The second kappa shape index (κ2) is 6.23. The predicted molar refractivity (Wildman–Crippen MR) is 74.1 cm³/mol. The third-order valence-electron chi connectivity index (χ3n) is 3.24. The summed E-state index contributed by atoms with van der Waals surface area (Å²) in [4.78, 5) is 3.35. The monoisotopic (exact) mass is 373 g/mol. The zero-order chi connectivity index (χ0) is 17.5. The predicted octanol–water partition coefficient (Wildman–Crippen LogP) is 3.62. The summed E-state index contributed by atoms with van der Waals surface area (Å²) in [7, 11) is -5.06. The van der Waals surface area contributed by atoms with Gasteiger partial charge in [-0.2, -0.15) is 13.8 Å². The van der Waals surface area contributed by atoms with E-state index in [0.717, 1.165) is 11.6 Å². The molecule has 0 radical (unpaired) electrons. The number of sulfone groups is 1. The molecule has 0 amide bonds. The lowest BCUT2D eigenvalue weighted by molar-refractivity contribution is 0.233. The lowest BCUT2D eigenvalue weighted by Gasteiger charge is -2.13. The molecule has 1 aliphatic heterocycles. The van der Waals surface area contributed by atoms with Crippen LogP contribution in [-0.4, -0.2) is 28.9 Å². The maximum atomic E-state index is 14.0. The van der Waals surface area contributed by atoms with Gasteiger partial charge in [0, 0.05) is 17.0 Å². The molecule has 1 aromatic heterocycles. The largest absolute Gasteiger partial charge is 0.344 e. The van der Waals surface area contributed by atoms with Gasteiger partial charge in [0.15, 0.2) is 12.0 Å². The second-order valence-corrected chi connectivity index (χ2v) is 7.35. The summed E-state index contributed by atoms with van der Waals surface area (Å²) >= 11 is 5.70. The lowest BCUT2D eigenvalue weighted by Crippen LogP contribution is -2.15. The van der Waals surface area contributed by atoms with Crippen LogP contribution in [0.15, 0.2) is 27.7 Å². The molecule has 0 N–H and O–H groups in total. The molecule has 0 saturated heterocycles. The highest BCUT2D eigenvalue weighted by molar-refractivity contribution is 7.91. The fourth-order valence-corrected chi connectivity index (χ4v) is 2.96. The van der Waals surface area contributed by atoms with Crippen molar-refractivity contribution in [3.8, 4) is 0 Å². The fraction of sp³-hybridized carbons (Fsp3) is 0.500. The molecule has 1 aliphatic rings.